The summed E-state index contributed by atoms with van der Waals surface area (Å²) >= 11 is 0. The predicted octanol–water partition coefficient (Wildman–Crippen LogP) is 1.65. The highest BCUT2D eigenvalue weighted by Gasteiger charge is 2.27. The number of carbonyl (C=O) groups is 1. The number of nitriles is 1. The molecule has 0 radical (unpaired) electrons. The zero-order chi connectivity index (χ0) is 13.8. The van der Waals surface area contributed by atoms with Crippen LogP contribution in [0.1, 0.15) is 24.0 Å². The van der Waals surface area contributed by atoms with E-state index in [4.69, 9.17) is 4.74 Å². The molecule has 0 atom stereocenters. The van der Waals surface area contributed by atoms with Crippen LogP contribution in [0.3, 0.4) is 0 Å². The number of methoxy groups -OCH3 is 1. The van der Waals surface area contributed by atoms with Crippen molar-refractivity contribution in [3.05, 3.63) is 23.4 Å². The number of nitrogens with zero attached hydrogens (tertiary/aromatic N) is 3. The number of rotatable bonds is 2. The molecule has 1 aliphatic rings. The first-order valence-corrected chi connectivity index (χ1v) is 6.36. The Kier molecular flexibility index (Phi) is 4.00. The molecule has 0 amide bonds. The molecule has 5 heteroatoms. The van der Waals surface area contributed by atoms with Gasteiger partial charge in [0.15, 0.2) is 0 Å². The third-order valence-electron chi connectivity index (χ3n) is 3.58. The summed E-state index contributed by atoms with van der Waals surface area (Å²) in [4.78, 5) is 17.9. The fourth-order valence-electron chi connectivity index (χ4n) is 2.42. The molecule has 0 N–H and O–H groups in total. The molecule has 1 fully saturated rings. The number of aryl methyl sites for hydroxylation is 1. The normalized spacial score (nSPS) is 15.9. The monoisotopic (exact) mass is 259 g/mol. The van der Waals surface area contributed by atoms with Crippen LogP contribution in [0.4, 0.5) is 5.82 Å². The predicted molar refractivity (Wildman–Crippen MR) is 70.6 cm³/mol. The van der Waals surface area contributed by atoms with Crippen LogP contribution in [-0.4, -0.2) is 31.2 Å². The number of anilines is 1. The van der Waals surface area contributed by atoms with E-state index in [1.165, 1.54) is 7.11 Å². The number of hydrogen-bond acceptors (Lipinski definition) is 5. The Bertz CT molecular complexity index is 514. The topological polar surface area (TPSA) is 66.2 Å². The van der Waals surface area contributed by atoms with Crippen molar-refractivity contribution in [1.82, 2.24) is 4.98 Å². The third kappa shape index (κ3) is 2.68. The van der Waals surface area contributed by atoms with Crippen molar-refractivity contribution in [1.29, 1.82) is 5.26 Å². The summed E-state index contributed by atoms with van der Waals surface area (Å²) < 4.78 is 4.77. The van der Waals surface area contributed by atoms with Gasteiger partial charge in [-0.2, -0.15) is 5.26 Å². The van der Waals surface area contributed by atoms with Gasteiger partial charge < -0.3 is 9.64 Å². The second-order valence-corrected chi connectivity index (χ2v) is 4.72. The molecule has 0 aromatic carbocycles. The maximum atomic E-state index is 11.5. The molecule has 1 aromatic heterocycles. The molecule has 1 aliphatic heterocycles. The standard InChI is InChI=1S/C14H17N3O2/c1-10-3-6-16-13(12(10)9-15)17-7-4-11(5-8-17)14(18)19-2/h3,6,11H,4-5,7-8H2,1-2H3. The maximum Gasteiger partial charge on any atom is 0.308 e. The molecule has 2 rings (SSSR count). The summed E-state index contributed by atoms with van der Waals surface area (Å²) in [6.45, 7) is 3.36. The number of ether oxygens (including phenoxy) is 1. The highest BCUT2D eigenvalue weighted by atomic mass is 16.5. The number of esters is 1. The molecule has 100 valence electrons. The minimum atomic E-state index is -0.141. The Morgan fingerprint density at radius 1 is 1.53 bits per heavy atom. The zero-order valence-electron chi connectivity index (χ0n) is 11.2. The molecular formula is C14H17N3O2. The fourth-order valence-corrected chi connectivity index (χ4v) is 2.42. The molecule has 0 unspecified atom stereocenters. The van der Waals surface area contributed by atoms with E-state index in [2.05, 4.69) is 16.0 Å². The maximum absolute atomic E-state index is 11.5. The lowest BCUT2D eigenvalue weighted by atomic mass is 9.96. The Morgan fingerprint density at radius 3 is 2.79 bits per heavy atom. The minimum absolute atomic E-state index is 0.0309. The molecule has 1 aromatic rings. The summed E-state index contributed by atoms with van der Waals surface area (Å²) in [5.41, 5.74) is 1.56. The van der Waals surface area contributed by atoms with E-state index in [9.17, 15) is 10.1 Å². The molecule has 5 nitrogen and oxygen atoms in total. The third-order valence-corrected chi connectivity index (χ3v) is 3.58. The number of pyridine rings is 1. The van der Waals surface area contributed by atoms with E-state index in [-0.39, 0.29) is 11.9 Å². The molecule has 0 saturated carbocycles. The van der Waals surface area contributed by atoms with E-state index >= 15 is 0 Å². The summed E-state index contributed by atoms with van der Waals surface area (Å²) in [6, 6.07) is 4.05. The molecule has 19 heavy (non-hydrogen) atoms. The first-order chi connectivity index (χ1) is 9.17. The second-order valence-electron chi connectivity index (χ2n) is 4.72. The van der Waals surface area contributed by atoms with E-state index in [1.807, 2.05) is 13.0 Å². The first kappa shape index (κ1) is 13.3. The Hall–Kier alpha value is -2.09. The zero-order valence-corrected chi connectivity index (χ0v) is 11.2. The van der Waals surface area contributed by atoms with Gasteiger partial charge in [-0.15, -0.1) is 0 Å². The van der Waals surface area contributed by atoms with Crippen LogP contribution < -0.4 is 4.90 Å². The molecule has 0 aliphatic carbocycles. The van der Waals surface area contributed by atoms with Crippen molar-refractivity contribution in [3.8, 4) is 6.07 Å². The van der Waals surface area contributed by atoms with Gasteiger partial charge in [-0.1, -0.05) is 0 Å². The minimum Gasteiger partial charge on any atom is -0.469 e. The molecule has 2 heterocycles. The van der Waals surface area contributed by atoms with E-state index in [1.54, 1.807) is 6.20 Å². The van der Waals surface area contributed by atoms with Crippen LogP contribution in [0.5, 0.6) is 0 Å². The van der Waals surface area contributed by atoms with E-state index < -0.39 is 0 Å². The summed E-state index contributed by atoms with van der Waals surface area (Å²) in [7, 11) is 1.42. The lowest BCUT2D eigenvalue weighted by molar-refractivity contribution is -0.146. The van der Waals surface area contributed by atoms with Gasteiger partial charge >= 0.3 is 5.97 Å². The molecule has 0 spiro atoms. The Labute approximate surface area is 112 Å². The van der Waals surface area contributed by atoms with Gasteiger partial charge in [-0.3, -0.25) is 4.79 Å². The van der Waals surface area contributed by atoms with Crippen molar-refractivity contribution in [2.75, 3.05) is 25.1 Å². The van der Waals surface area contributed by atoms with Crippen molar-refractivity contribution in [3.63, 3.8) is 0 Å². The van der Waals surface area contributed by atoms with Gasteiger partial charge in [0.05, 0.1) is 18.6 Å². The van der Waals surface area contributed by atoms with Crippen molar-refractivity contribution < 1.29 is 9.53 Å². The second kappa shape index (κ2) is 5.70. The largest absolute Gasteiger partial charge is 0.469 e. The van der Waals surface area contributed by atoms with Crippen LogP contribution in [-0.2, 0) is 9.53 Å². The van der Waals surface area contributed by atoms with Crippen LogP contribution in [0, 0.1) is 24.2 Å². The van der Waals surface area contributed by atoms with Gasteiger partial charge in [-0.25, -0.2) is 4.98 Å². The molecule has 0 bridgehead atoms. The van der Waals surface area contributed by atoms with Crippen molar-refractivity contribution >= 4 is 11.8 Å². The average molecular weight is 259 g/mol. The van der Waals surface area contributed by atoms with Gasteiger partial charge in [0.1, 0.15) is 11.9 Å². The summed E-state index contributed by atoms with van der Waals surface area (Å²) in [5.74, 6) is 0.555. The van der Waals surface area contributed by atoms with Gasteiger partial charge in [0, 0.05) is 19.3 Å². The number of carbonyl (C=O) groups excluding carboxylic acids is 1. The van der Waals surface area contributed by atoms with Gasteiger partial charge in [0.2, 0.25) is 0 Å². The van der Waals surface area contributed by atoms with E-state index in [0.717, 1.165) is 37.3 Å². The Balaban J connectivity index is 2.12. The van der Waals surface area contributed by atoms with Crippen LogP contribution in [0.15, 0.2) is 12.3 Å². The average Bonchev–Trinajstić information content (AvgIpc) is 2.46. The summed E-state index contributed by atoms with van der Waals surface area (Å²) in [6.07, 6.45) is 3.21. The SMILES string of the molecule is COC(=O)C1CCN(c2nccc(C)c2C#N)CC1. The van der Waals surface area contributed by atoms with Gasteiger partial charge in [0.25, 0.3) is 0 Å². The van der Waals surface area contributed by atoms with Crippen molar-refractivity contribution in [2.45, 2.75) is 19.8 Å². The summed E-state index contributed by atoms with van der Waals surface area (Å²) in [5, 5.41) is 9.22. The van der Waals surface area contributed by atoms with Crippen LogP contribution >= 0.6 is 0 Å². The van der Waals surface area contributed by atoms with E-state index in [0.29, 0.717) is 5.56 Å². The lowest BCUT2D eigenvalue weighted by Crippen LogP contribution is -2.37. The quantitative estimate of drug-likeness (QED) is 0.755. The highest BCUT2D eigenvalue weighted by Crippen LogP contribution is 2.26. The van der Waals surface area contributed by atoms with Crippen LogP contribution in [0.2, 0.25) is 0 Å². The Morgan fingerprint density at radius 2 is 2.21 bits per heavy atom. The number of hydrogen-bond donors (Lipinski definition) is 0. The number of piperidine rings is 1. The molecule has 1 saturated heterocycles. The lowest BCUT2D eigenvalue weighted by Gasteiger charge is -2.32. The number of aromatic nitrogens is 1. The molecular weight excluding hydrogens is 242 g/mol. The van der Waals surface area contributed by atoms with Gasteiger partial charge in [-0.05, 0) is 31.4 Å². The van der Waals surface area contributed by atoms with Crippen molar-refractivity contribution in [2.24, 2.45) is 5.92 Å². The smallest absolute Gasteiger partial charge is 0.308 e. The fraction of sp³-hybridized carbons (Fsp3) is 0.500. The highest BCUT2D eigenvalue weighted by molar-refractivity contribution is 5.72. The first-order valence-electron chi connectivity index (χ1n) is 6.36. The van der Waals surface area contributed by atoms with Crippen LogP contribution in [0.25, 0.3) is 0 Å².